The molecule has 2 N–H and O–H groups in total. The van der Waals surface area contributed by atoms with E-state index in [0.29, 0.717) is 12.2 Å². The molecule has 0 radical (unpaired) electrons. The zero-order valence-corrected chi connectivity index (χ0v) is 11.1. The lowest BCUT2D eigenvalue weighted by Crippen LogP contribution is -2.37. The smallest absolute Gasteiger partial charge is 0.137 e. The molecule has 0 spiro atoms. The van der Waals surface area contributed by atoms with Crippen molar-refractivity contribution in [3.8, 4) is 5.75 Å². The van der Waals surface area contributed by atoms with E-state index in [4.69, 9.17) is 4.74 Å². The summed E-state index contributed by atoms with van der Waals surface area (Å²) in [6.07, 6.45) is 2.17. The lowest BCUT2D eigenvalue weighted by Gasteiger charge is -2.25. The average molecular weight is 258 g/mol. The Balaban J connectivity index is 2.03. The number of nitrogens with zero attached hydrogens (tertiary/aromatic N) is 1. The van der Waals surface area contributed by atoms with E-state index in [1.165, 1.54) is 0 Å². The van der Waals surface area contributed by atoms with Gasteiger partial charge in [0.2, 0.25) is 0 Å². The Kier molecular flexibility index (Phi) is 4.02. The molecule has 1 aromatic carbocycles. The summed E-state index contributed by atoms with van der Waals surface area (Å²) in [4.78, 5) is 4.14. The Morgan fingerprint density at radius 2 is 1.95 bits per heavy atom. The van der Waals surface area contributed by atoms with E-state index in [9.17, 15) is 5.11 Å². The van der Waals surface area contributed by atoms with Crippen molar-refractivity contribution in [2.24, 2.45) is 0 Å². The molecule has 4 nitrogen and oxygen atoms in total. The Labute approximate surface area is 113 Å². The molecule has 4 heteroatoms. The first-order valence-corrected chi connectivity index (χ1v) is 6.13. The lowest BCUT2D eigenvalue weighted by atomic mass is 10.0. The number of benzene rings is 1. The van der Waals surface area contributed by atoms with Gasteiger partial charge in [-0.2, -0.15) is 0 Å². The zero-order valence-electron chi connectivity index (χ0n) is 11.1. The second-order valence-corrected chi connectivity index (χ2v) is 4.64. The highest BCUT2D eigenvalue weighted by atomic mass is 16.5. The van der Waals surface area contributed by atoms with Crippen LogP contribution in [0.15, 0.2) is 48.7 Å². The number of rotatable bonds is 5. The molecule has 0 aliphatic heterocycles. The lowest BCUT2D eigenvalue weighted by molar-refractivity contribution is 0.0903. The normalized spacial score (nSPS) is 13.6. The molecule has 19 heavy (non-hydrogen) atoms. The van der Waals surface area contributed by atoms with Crippen LogP contribution in [0.5, 0.6) is 5.75 Å². The maximum atomic E-state index is 10.4. The van der Waals surface area contributed by atoms with Gasteiger partial charge in [0, 0.05) is 12.6 Å². The van der Waals surface area contributed by atoms with E-state index in [-0.39, 0.29) is 0 Å². The first kappa shape index (κ1) is 13.4. The van der Waals surface area contributed by atoms with Crippen molar-refractivity contribution in [3.05, 3.63) is 54.2 Å². The number of nitrogens with one attached hydrogen (secondary N) is 1. The minimum absolute atomic E-state index is 0.480. The van der Waals surface area contributed by atoms with Crippen LogP contribution in [-0.2, 0) is 6.42 Å². The SMILES string of the molecule is COc1ccc(CC(C)(O)Nc2ccccn2)cc1. The fourth-order valence-corrected chi connectivity index (χ4v) is 1.90. The number of aromatic nitrogens is 1. The average Bonchev–Trinajstić information content (AvgIpc) is 2.39. The van der Waals surface area contributed by atoms with Crippen molar-refractivity contribution >= 4 is 5.82 Å². The first-order chi connectivity index (χ1) is 9.09. The van der Waals surface area contributed by atoms with Crippen LogP contribution in [0.1, 0.15) is 12.5 Å². The molecule has 1 atom stereocenters. The van der Waals surface area contributed by atoms with Crippen LogP contribution in [0.2, 0.25) is 0 Å². The van der Waals surface area contributed by atoms with Crippen molar-refractivity contribution in [2.45, 2.75) is 19.1 Å². The highest BCUT2D eigenvalue weighted by molar-refractivity contribution is 5.37. The van der Waals surface area contributed by atoms with E-state index < -0.39 is 5.72 Å². The van der Waals surface area contributed by atoms with Crippen LogP contribution >= 0.6 is 0 Å². The molecule has 0 saturated heterocycles. The standard InChI is InChI=1S/C15H18N2O2/c1-15(18,17-14-5-3-4-10-16-14)11-12-6-8-13(19-2)9-7-12/h3-10,18H,11H2,1-2H3,(H,16,17). The summed E-state index contributed by atoms with van der Waals surface area (Å²) in [6.45, 7) is 1.73. The number of hydrogen-bond acceptors (Lipinski definition) is 4. The number of aliphatic hydroxyl groups is 1. The summed E-state index contributed by atoms with van der Waals surface area (Å²) in [5.74, 6) is 1.46. The third kappa shape index (κ3) is 3.96. The Morgan fingerprint density at radius 3 is 2.53 bits per heavy atom. The van der Waals surface area contributed by atoms with E-state index in [2.05, 4.69) is 10.3 Å². The summed E-state index contributed by atoms with van der Waals surface area (Å²) in [7, 11) is 1.63. The molecule has 100 valence electrons. The molecule has 0 bridgehead atoms. The molecule has 2 aromatic rings. The van der Waals surface area contributed by atoms with Crippen molar-refractivity contribution < 1.29 is 9.84 Å². The quantitative estimate of drug-likeness (QED) is 0.809. The Bertz CT molecular complexity index is 509. The van der Waals surface area contributed by atoms with Gasteiger partial charge in [0.15, 0.2) is 0 Å². The largest absolute Gasteiger partial charge is 0.497 e. The van der Waals surface area contributed by atoms with Crippen molar-refractivity contribution in [1.82, 2.24) is 4.98 Å². The summed E-state index contributed by atoms with van der Waals surface area (Å²) in [6, 6.07) is 13.2. The molecule has 2 rings (SSSR count). The molecule has 0 amide bonds. The zero-order chi connectivity index (χ0) is 13.7. The number of anilines is 1. The summed E-state index contributed by atoms with van der Waals surface area (Å²) >= 11 is 0. The number of pyridine rings is 1. The van der Waals surface area contributed by atoms with Gasteiger partial charge in [-0.3, -0.25) is 0 Å². The Hall–Kier alpha value is -2.07. The van der Waals surface area contributed by atoms with E-state index in [1.54, 1.807) is 20.2 Å². The monoisotopic (exact) mass is 258 g/mol. The van der Waals surface area contributed by atoms with Gasteiger partial charge in [0.25, 0.3) is 0 Å². The van der Waals surface area contributed by atoms with Crippen molar-refractivity contribution in [3.63, 3.8) is 0 Å². The minimum atomic E-state index is -1.05. The van der Waals surface area contributed by atoms with Gasteiger partial charge < -0.3 is 15.2 Å². The topological polar surface area (TPSA) is 54.4 Å². The predicted octanol–water partition coefficient (Wildman–Crippen LogP) is 2.45. The highest BCUT2D eigenvalue weighted by Crippen LogP contribution is 2.18. The van der Waals surface area contributed by atoms with Gasteiger partial charge >= 0.3 is 0 Å². The number of ether oxygens (including phenoxy) is 1. The number of hydrogen-bond donors (Lipinski definition) is 2. The second-order valence-electron chi connectivity index (χ2n) is 4.64. The molecular weight excluding hydrogens is 240 g/mol. The molecule has 0 aliphatic carbocycles. The molecule has 0 fully saturated rings. The molecular formula is C15H18N2O2. The van der Waals surface area contributed by atoms with Crippen LogP contribution in [-0.4, -0.2) is 22.9 Å². The van der Waals surface area contributed by atoms with Crippen LogP contribution in [0.4, 0.5) is 5.82 Å². The van der Waals surface area contributed by atoms with Crippen molar-refractivity contribution in [2.75, 3.05) is 12.4 Å². The van der Waals surface area contributed by atoms with E-state index >= 15 is 0 Å². The fraction of sp³-hybridized carbons (Fsp3) is 0.267. The first-order valence-electron chi connectivity index (χ1n) is 6.13. The number of methoxy groups -OCH3 is 1. The third-order valence-electron chi connectivity index (χ3n) is 2.77. The summed E-state index contributed by atoms with van der Waals surface area (Å²) in [5.41, 5.74) is -0.0302. The highest BCUT2D eigenvalue weighted by Gasteiger charge is 2.20. The fourth-order valence-electron chi connectivity index (χ4n) is 1.90. The molecule has 1 heterocycles. The van der Waals surface area contributed by atoms with Gasteiger partial charge in [0.1, 0.15) is 17.3 Å². The molecule has 1 aromatic heterocycles. The molecule has 1 unspecified atom stereocenters. The van der Waals surface area contributed by atoms with Crippen LogP contribution in [0.3, 0.4) is 0 Å². The summed E-state index contributed by atoms with van der Waals surface area (Å²) < 4.78 is 5.11. The maximum absolute atomic E-state index is 10.4. The predicted molar refractivity (Wildman–Crippen MR) is 75.2 cm³/mol. The summed E-state index contributed by atoms with van der Waals surface area (Å²) in [5, 5.41) is 13.4. The van der Waals surface area contributed by atoms with Gasteiger partial charge in [-0.25, -0.2) is 4.98 Å². The minimum Gasteiger partial charge on any atom is -0.497 e. The van der Waals surface area contributed by atoms with E-state index in [0.717, 1.165) is 11.3 Å². The van der Waals surface area contributed by atoms with Crippen LogP contribution < -0.4 is 10.1 Å². The molecule has 0 aliphatic rings. The third-order valence-corrected chi connectivity index (χ3v) is 2.77. The Morgan fingerprint density at radius 1 is 1.21 bits per heavy atom. The second kappa shape index (κ2) is 5.71. The van der Waals surface area contributed by atoms with Crippen LogP contribution in [0, 0.1) is 0 Å². The van der Waals surface area contributed by atoms with Gasteiger partial charge in [0.05, 0.1) is 7.11 Å². The van der Waals surface area contributed by atoms with Gasteiger partial charge in [-0.05, 0) is 36.8 Å². The van der Waals surface area contributed by atoms with Crippen molar-refractivity contribution in [1.29, 1.82) is 0 Å². The maximum Gasteiger partial charge on any atom is 0.137 e. The molecule has 0 saturated carbocycles. The van der Waals surface area contributed by atoms with Crippen LogP contribution in [0.25, 0.3) is 0 Å². The van der Waals surface area contributed by atoms with E-state index in [1.807, 2.05) is 42.5 Å². The van der Waals surface area contributed by atoms with Gasteiger partial charge in [-0.15, -0.1) is 0 Å². The van der Waals surface area contributed by atoms with Gasteiger partial charge in [-0.1, -0.05) is 18.2 Å².